The Labute approximate surface area is 126 Å². The van der Waals surface area contributed by atoms with Crippen LogP contribution >= 0.6 is 0 Å². The van der Waals surface area contributed by atoms with E-state index >= 15 is 0 Å². The fourth-order valence-electron chi connectivity index (χ4n) is 1.97. The van der Waals surface area contributed by atoms with Crippen molar-refractivity contribution in [2.45, 2.75) is 40.0 Å². The predicted octanol–water partition coefficient (Wildman–Crippen LogP) is 3.42. The van der Waals surface area contributed by atoms with Gasteiger partial charge in [0.2, 0.25) is 0 Å². The summed E-state index contributed by atoms with van der Waals surface area (Å²) in [5.41, 5.74) is 5.59. The van der Waals surface area contributed by atoms with Gasteiger partial charge in [0.05, 0.1) is 0 Å². The molecular weight excluding hydrogens is 262 g/mol. The fourth-order valence-corrected chi connectivity index (χ4v) is 1.97. The average Bonchev–Trinajstić information content (AvgIpc) is 2.40. The number of hydrogen-bond donors (Lipinski definition) is 3. The van der Waals surface area contributed by atoms with Gasteiger partial charge in [-0.25, -0.2) is 15.8 Å². The Morgan fingerprint density at radius 1 is 1.05 bits per heavy atom. The van der Waals surface area contributed by atoms with Gasteiger partial charge in [0.1, 0.15) is 17.5 Å². The van der Waals surface area contributed by atoms with Crippen LogP contribution in [0.2, 0.25) is 0 Å². The third-order valence-electron chi connectivity index (χ3n) is 3.23. The van der Waals surface area contributed by atoms with Crippen LogP contribution in [0.1, 0.15) is 37.7 Å². The Bertz CT molecular complexity index is 644. The zero-order valence-corrected chi connectivity index (χ0v) is 13.3. The summed E-state index contributed by atoms with van der Waals surface area (Å²) < 4.78 is 0. The highest BCUT2D eigenvalue weighted by atomic mass is 15.3. The number of nitrogens with one attached hydrogen (secondary N) is 2. The van der Waals surface area contributed by atoms with E-state index in [1.54, 1.807) is 0 Å². The van der Waals surface area contributed by atoms with Crippen LogP contribution in [-0.2, 0) is 5.41 Å². The van der Waals surface area contributed by atoms with Crippen molar-refractivity contribution < 1.29 is 0 Å². The third-order valence-corrected chi connectivity index (χ3v) is 3.23. The number of hydrazine groups is 1. The summed E-state index contributed by atoms with van der Waals surface area (Å²) in [7, 11) is 0. The summed E-state index contributed by atoms with van der Waals surface area (Å²) in [5, 5.41) is 3.35. The van der Waals surface area contributed by atoms with Crippen molar-refractivity contribution in [2.75, 3.05) is 10.7 Å². The van der Waals surface area contributed by atoms with Gasteiger partial charge in [0, 0.05) is 16.7 Å². The van der Waals surface area contributed by atoms with Gasteiger partial charge in [-0.1, -0.05) is 32.9 Å². The molecule has 0 atom stereocenters. The van der Waals surface area contributed by atoms with Crippen LogP contribution in [0.25, 0.3) is 0 Å². The monoisotopic (exact) mass is 285 g/mol. The van der Waals surface area contributed by atoms with Crippen molar-refractivity contribution >= 4 is 17.3 Å². The molecule has 1 aromatic heterocycles. The summed E-state index contributed by atoms with van der Waals surface area (Å²) in [4.78, 5) is 9.15. The smallest absolute Gasteiger partial charge is 0.148 e. The molecule has 112 valence electrons. The van der Waals surface area contributed by atoms with Gasteiger partial charge in [-0.05, 0) is 31.5 Å². The largest absolute Gasteiger partial charge is 0.340 e. The molecule has 0 amide bonds. The molecule has 5 nitrogen and oxygen atoms in total. The van der Waals surface area contributed by atoms with Gasteiger partial charge in [-0.3, -0.25) is 0 Å². The van der Waals surface area contributed by atoms with Crippen molar-refractivity contribution in [2.24, 2.45) is 5.84 Å². The van der Waals surface area contributed by atoms with E-state index in [-0.39, 0.29) is 5.41 Å². The van der Waals surface area contributed by atoms with Crippen molar-refractivity contribution in [3.05, 3.63) is 41.2 Å². The Morgan fingerprint density at radius 3 is 2.29 bits per heavy atom. The number of aryl methyl sites for hydroxylation is 1. The van der Waals surface area contributed by atoms with Gasteiger partial charge >= 0.3 is 0 Å². The van der Waals surface area contributed by atoms with Crippen molar-refractivity contribution in [3.8, 4) is 0 Å². The molecule has 2 rings (SSSR count). The van der Waals surface area contributed by atoms with Crippen molar-refractivity contribution in [1.82, 2.24) is 9.97 Å². The number of nitrogens with two attached hydrogens (primary N) is 1. The van der Waals surface area contributed by atoms with Gasteiger partial charge in [-0.2, -0.15) is 0 Å². The van der Waals surface area contributed by atoms with E-state index in [4.69, 9.17) is 5.84 Å². The van der Waals surface area contributed by atoms with E-state index in [0.717, 1.165) is 22.9 Å². The van der Waals surface area contributed by atoms with Crippen LogP contribution in [0.4, 0.5) is 17.3 Å². The molecule has 1 aromatic carbocycles. The molecule has 0 aliphatic rings. The first-order valence-corrected chi connectivity index (χ1v) is 7.00. The topological polar surface area (TPSA) is 75.9 Å². The summed E-state index contributed by atoms with van der Waals surface area (Å²) in [6, 6.07) is 8.17. The molecule has 0 saturated heterocycles. The third kappa shape index (κ3) is 3.49. The Hall–Kier alpha value is -2.14. The van der Waals surface area contributed by atoms with Gasteiger partial charge in [0.15, 0.2) is 0 Å². The maximum absolute atomic E-state index is 5.58. The van der Waals surface area contributed by atoms with Crippen molar-refractivity contribution in [3.63, 3.8) is 0 Å². The normalized spacial score (nSPS) is 11.3. The molecule has 2 aromatic rings. The van der Waals surface area contributed by atoms with E-state index in [1.165, 1.54) is 5.56 Å². The van der Waals surface area contributed by atoms with E-state index in [0.29, 0.717) is 5.82 Å². The SMILES string of the molecule is Cc1cccc(Nc2nc(C(C)(C)C)nc(NN)c2C)c1. The lowest BCUT2D eigenvalue weighted by Crippen LogP contribution is -2.21. The quantitative estimate of drug-likeness (QED) is 0.595. The Balaban J connectivity index is 2.47. The molecular formula is C16H23N5. The molecule has 0 radical (unpaired) electrons. The summed E-state index contributed by atoms with van der Waals surface area (Å²) in [6.07, 6.45) is 0. The average molecular weight is 285 g/mol. The van der Waals surface area contributed by atoms with Crippen LogP contribution in [0, 0.1) is 13.8 Å². The first-order valence-electron chi connectivity index (χ1n) is 7.00. The molecule has 0 spiro atoms. The Kier molecular flexibility index (Phi) is 4.14. The first-order chi connectivity index (χ1) is 9.81. The number of nitrogen functional groups attached to an aromatic ring is 1. The second-order valence-electron chi connectivity index (χ2n) is 6.26. The van der Waals surface area contributed by atoms with Gasteiger partial charge in [0.25, 0.3) is 0 Å². The summed E-state index contributed by atoms with van der Waals surface area (Å²) in [6.45, 7) is 10.2. The van der Waals surface area contributed by atoms with Crippen LogP contribution in [0.3, 0.4) is 0 Å². The van der Waals surface area contributed by atoms with Crippen molar-refractivity contribution in [1.29, 1.82) is 0 Å². The molecule has 0 saturated carbocycles. The highest BCUT2D eigenvalue weighted by molar-refractivity contribution is 5.65. The van der Waals surface area contributed by atoms with E-state index in [9.17, 15) is 0 Å². The molecule has 0 aliphatic carbocycles. The van der Waals surface area contributed by atoms with Crippen LogP contribution in [-0.4, -0.2) is 9.97 Å². The molecule has 0 bridgehead atoms. The minimum Gasteiger partial charge on any atom is -0.340 e. The molecule has 0 fully saturated rings. The Morgan fingerprint density at radius 2 is 1.71 bits per heavy atom. The van der Waals surface area contributed by atoms with Gasteiger partial charge in [-0.15, -0.1) is 0 Å². The maximum atomic E-state index is 5.58. The lowest BCUT2D eigenvalue weighted by Gasteiger charge is -2.20. The van der Waals surface area contributed by atoms with Gasteiger partial charge < -0.3 is 10.7 Å². The predicted molar refractivity (Wildman–Crippen MR) is 87.7 cm³/mol. The minimum atomic E-state index is -0.150. The van der Waals surface area contributed by atoms with E-state index < -0.39 is 0 Å². The van der Waals surface area contributed by atoms with Crippen LogP contribution < -0.4 is 16.6 Å². The van der Waals surface area contributed by atoms with E-state index in [1.807, 2.05) is 19.1 Å². The lowest BCUT2D eigenvalue weighted by molar-refractivity contribution is 0.546. The molecule has 4 N–H and O–H groups in total. The molecule has 1 heterocycles. The summed E-state index contributed by atoms with van der Waals surface area (Å²) in [5.74, 6) is 7.74. The molecule has 0 unspecified atom stereocenters. The van der Waals surface area contributed by atoms with Crippen LogP contribution in [0.5, 0.6) is 0 Å². The van der Waals surface area contributed by atoms with E-state index in [2.05, 4.69) is 60.5 Å². The lowest BCUT2D eigenvalue weighted by atomic mass is 9.95. The second kappa shape index (κ2) is 5.69. The van der Waals surface area contributed by atoms with Crippen LogP contribution in [0.15, 0.2) is 24.3 Å². The second-order valence-corrected chi connectivity index (χ2v) is 6.26. The maximum Gasteiger partial charge on any atom is 0.148 e. The zero-order chi connectivity index (χ0) is 15.6. The number of anilines is 3. The number of hydrogen-bond acceptors (Lipinski definition) is 5. The minimum absolute atomic E-state index is 0.150. The first kappa shape index (κ1) is 15.3. The fraction of sp³-hybridized carbons (Fsp3) is 0.375. The number of benzene rings is 1. The molecule has 21 heavy (non-hydrogen) atoms. The highest BCUT2D eigenvalue weighted by Gasteiger charge is 2.21. The number of nitrogens with zero attached hydrogens (tertiary/aromatic N) is 2. The highest BCUT2D eigenvalue weighted by Crippen LogP contribution is 2.27. The zero-order valence-electron chi connectivity index (χ0n) is 13.3. The standard InChI is InChI=1S/C16H23N5/c1-10-7-6-8-12(9-10)18-13-11(2)14(21-17)20-15(19-13)16(3,4)5/h6-9H,17H2,1-5H3,(H2,18,19,20,21). The number of aromatic nitrogens is 2. The number of rotatable bonds is 3. The molecule has 0 aliphatic heterocycles. The summed E-state index contributed by atoms with van der Waals surface area (Å²) >= 11 is 0. The molecule has 5 heteroatoms.